The third-order valence-corrected chi connectivity index (χ3v) is 5.62. The second kappa shape index (κ2) is 8.49. The molecule has 6 heteroatoms. The summed E-state index contributed by atoms with van der Waals surface area (Å²) in [6.45, 7) is 4.04. The molecule has 0 aliphatic carbocycles. The number of carbonyl (C=O) groups excluding carboxylic acids is 1. The third-order valence-electron chi connectivity index (χ3n) is 4.77. The highest BCUT2D eigenvalue weighted by Crippen LogP contribution is 2.22. The van der Waals surface area contributed by atoms with E-state index in [0.717, 1.165) is 11.1 Å². The van der Waals surface area contributed by atoms with Crippen LogP contribution in [0.2, 0.25) is 0 Å². The maximum atomic E-state index is 12.4. The number of nitrogens with zero attached hydrogens (tertiary/aromatic N) is 2. The normalized spacial score (nSPS) is 12.1. The number of benzene rings is 3. The fourth-order valence-electron chi connectivity index (χ4n) is 3.13. The summed E-state index contributed by atoms with van der Waals surface area (Å²) in [6, 6.07) is 22.5. The predicted molar refractivity (Wildman–Crippen MR) is 118 cm³/mol. The van der Waals surface area contributed by atoms with E-state index in [0.29, 0.717) is 11.0 Å². The smallest absolute Gasteiger partial charge is 0.230 e. The van der Waals surface area contributed by atoms with Crippen molar-refractivity contribution in [1.29, 1.82) is 0 Å². The summed E-state index contributed by atoms with van der Waals surface area (Å²) in [6.07, 6.45) is 0. The Balaban J connectivity index is 1.34. The van der Waals surface area contributed by atoms with Gasteiger partial charge in [-0.3, -0.25) is 9.89 Å². The molecule has 2 N–H and O–H groups in total. The van der Waals surface area contributed by atoms with Crippen molar-refractivity contribution < 1.29 is 4.79 Å². The first-order valence-electron chi connectivity index (χ1n) is 9.49. The zero-order valence-electron chi connectivity index (χ0n) is 16.3. The van der Waals surface area contributed by atoms with Crippen LogP contribution in [0.4, 0.5) is 0 Å². The SMILES string of the molecule is Cc1ccc(-c2nc(SCC(=O)NC(C)c3ccc4ccccc4c3)n[nH]2)cc1. The molecule has 1 amide bonds. The van der Waals surface area contributed by atoms with Crippen molar-refractivity contribution in [1.82, 2.24) is 20.5 Å². The Morgan fingerprint density at radius 2 is 1.83 bits per heavy atom. The summed E-state index contributed by atoms with van der Waals surface area (Å²) in [4.78, 5) is 16.9. The summed E-state index contributed by atoms with van der Waals surface area (Å²) in [5, 5.41) is 13.1. The van der Waals surface area contributed by atoms with Crippen molar-refractivity contribution in [2.24, 2.45) is 0 Å². The summed E-state index contributed by atoms with van der Waals surface area (Å²) in [5.74, 6) is 0.929. The van der Waals surface area contributed by atoms with E-state index in [4.69, 9.17) is 0 Å². The van der Waals surface area contributed by atoms with Gasteiger partial charge in [-0.25, -0.2) is 4.98 Å². The van der Waals surface area contributed by atoms with Gasteiger partial charge in [0, 0.05) is 5.56 Å². The van der Waals surface area contributed by atoms with Crippen LogP contribution in [0.1, 0.15) is 24.1 Å². The van der Waals surface area contributed by atoms with Gasteiger partial charge in [0.25, 0.3) is 0 Å². The fourth-order valence-corrected chi connectivity index (χ4v) is 3.73. The first kappa shape index (κ1) is 19.2. The topological polar surface area (TPSA) is 70.7 Å². The molecule has 0 saturated carbocycles. The highest BCUT2D eigenvalue weighted by atomic mass is 32.2. The largest absolute Gasteiger partial charge is 0.349 e. The molecule has 4 aromatic rings. The minimum atomic E-state index is -0.0667. The van der Waals surface area contributed by atoms with E-state index in [1.165, 1.54) is 28.1 Å². The van der Waals surface area contributed by atoms with Crippen LogP contribution < -0.4 is 5.32 Å². The lowest BCUT2D eigenvalue weighted by Gasteiger charge is -2.14. The van der Waals surface area contributed by atoms with Crippen molar-refractivity contribution in [3.05, 3.63) is 77.9 Å². The van der Waals surface area contributed by atoms with E-state index in [2.05, 4.69) is 50.8 Å². The molecule has 0 aliphatic heterocycles. The number of fused-ring (bicyclic) bond motifs is 1. The molecular formula is C23H22N4OS. The van der Waals surface area contributed by atoms with Crippen molar-refractivity contribution in [3.8, 4) is 11.4 Å². The minimum Gasteiger partial charge on any atom is -0.349 e. The molecule has 5 nitrogen and oxygen atoms in total. The second-order valence-corrected chi connectivity index (χ2v) is 7.96. The number of aryl methyl sites for hydroxylation is 1. The number of hydrogen-bond acceptors (Lipinski definition) is 4. The molecule has 1 atom stereocenters. The van der Waals surface area contributed by atoms with Gasteiger partial charge in [-0.05, 0) is 36.2 Å². The number of thioether (sulfide) groups is 1. The number of amides is 1. The molecule has 0 aliphatic rings. The Morgan fingerprint density at radius 3 is 2.62 bits per heavy atom. The summed E-state index contributed by atoms with van der Waals surface area (Å²) in [7, 11) is 0. The molecule has 4 rings (SSSR count). The lowest BCUT2D eigenvalue weighted by molar-refractivity contribution is -0.119. The lowest BCUT2D eigenvalue weighted by atomic mass is 10.0. The zero-order valence-corrected chi connectivity index (χ0v) is 17.2. The first-order chi connectivity index (χ1) is 14.1. The molecule has 0 bridgehead atoms. The van der Waals surface area contributed by atoms with E-state index >= 15 is 0 Å². The number of aromatic nitrogens is 3. The van der Waals surface area contributed by atoms with Crippen LogP contribution in [0, 0.1) is 6.92 Å². The van der Waals surface area contributed by atoms with Gasteiger partial charge in [0.05, 0.1) is 11.8 Å². The van der Waals surface area contributed by atoms with E-state index in [9.17, 15) is 4.79 Å². The average molecular weight is 403 g/mol. The van der Waals surface area contributed by atoms with Crippen molar-refractivity contribution in [3.63, 3.8) is 0 Å². The van der Waals surface area contributed by atoms with Crippen molar-refractivity contribution in [2.75, 3.05) is 5.75 Å². The van der Waals surface area contributed by atoms with Gasteiger partial charge in [-0.2, -0.15) is 0 Å². The quantitative estimate of drug-likeness (QED) is 0.450. The van der Waals surface area contributed by atoms with Gasteiger partial charge >= 0.3 is 0 Å². The monoisotopic (exact) mass is 402 g/mol. The van der Waals surface area contributed by atoms with Gasteiger partial charge in [0.1, 0.15) is 0 Å². The van der Waals surface area contributed by atoms with Crippen LogP contribution in [-0.4, -0.2) is 26.8 Å². The number of carbonyl (C=O) groups is 1. The van der Waals surface area contributed by atoms with Gasteiger partial charge in [-0.1, -0.05) is 78.0 Å². The Morgan fingerprint density at radius 1 is 1.07 bits per heavy atom. The Kier molecular flexibility index (Phi) is 5.62. The van der Waals surface area contributed by atoms with Crippen LogP contribution in [-0.2, 0) is 4.79 Å². The molecule has 0 radical (unpaired) electrons. The average Bonchev–Trinajstić information content (AvgIpc) is 3.21. The standard InChI is InChI=1S/C23H22N4OS/c1-15-7-9-18(10-8-15)22-25-23(27-26-22)29-14-21(28)24-16(2)19-12-11-17-5-3-4-6-20(17)13-19/h3-13,16H,14H2,1-2H3,(H,24,28)(H,25,26,27). The number of H-pyrrole nitrogens is 1. The molecule has 1 aromatic heterocycles. The molecule has 1 heterocycles. The van der Waals surface area contributed by atoms with E-state index < -0.39 is 0 Å². The summed E-state index contributed by atoms with van der Waals surface area (Å²) < 4.78 is 0. The molecule has 29 heavy (non-hydrogen) atoms. The number of nitrogens with one attached hydrogen (secondary N) is 2. The lowest BCUT2D eigenvalue weighted by Crippen LogP contribution is -2.28. The number of rotatable bonds is 6. The van der Waals surface area contributed by atoms with Gasteiger partial charge in [-0.15, -0.1) is 5.10 Å². The van der Waals surface area contributed by atoms with Crippen LogP contribution >= 0.6 is 11.8 Å². The van der Waals surface area contributed by atoms with Gasteiger partial charge in [0.2, 0.25) is 11.1 Å². The van der Waals surface area contributed by atoms with E-state index in [1.54, 1.807) is 0 Å². The highest BCUT2D eigenvalue weighted by Gasteiger charge is 2.12. The van der Waals surface area contributed by atoms with Crippen LogP contribution in [0.15, 0.2) is 71.9 Å². The zero-order chi connectivity index (χ0) is 20.2. The molecule has 146 valence electrons. The Hall–Kier alpha value is -3.12. The predicted octanol–water partition coefficient (Wildman–Crippen LogP) is 4.90. The van der Waals surface area contributed by atoms with E-state index in [1.807, 2.05) is 50.2 Å². The third kappa shape index (κ3) is 4.66. The molecule has 0 saturated heterocycles. The van der Waals surface area contributed by atoms with Crippen LogP contribution in [0.25, 0.3) is 22.2 Å². The van der Waals surface area contributed by atoms with Crippen molar-refractivity contribution >= 4 is 28.4 Å². The van der Waals surface area contributed by atoms with Crippen LogP contribution in [0.5, 0.6) is 0 Å². The second-order valence-electron chi connectivity index (χ2n) is 7.02. The molecule has 0 spiro atoms. The number of hydrogen-bond donors (Lipinski definition) is 2. The Bertz CT molecular complexity index is 1140. The van der Waals surface area contributed by atoms with Crippen molar-refractivity contribution in [2.45, 2.75) is 25.0 Å². The summed E-state index contributed by atoms with van der Waals surface area (Å²) >= 11 is 1.32. The molecule has 1 unspecified atom stereocenters. The van der Waals surface area contributed by atoms with Gasteiger partial charge in [0.15, 0.2) is 5.82 Å². The van der Waals surface area contributed by atoms with E-state index in [-0.39, 0.29) is 17.7 Å². The molecular weight excluding hydrogens is 380 g/mol. The minimum absolute atomic E-state index is 0.0441. The Labute approximate surface area is 174 Å². The summed E-state index contributed by atoms with van der Waals surface area (Å²) in [5.41, 5.74) is 3.26. The maximum absolute atomic E-state index is 12.4. The number of aromatic amines is 1. The maximum Gasteiger partial charge on any atom is 0.230 e. The molecule has 3 aromatic carbocycles. The fraction of sp³-hybridized carbons (Fsp3) is 0.174. The van der Waals surface area contributed by atoms with Gasteiger partial charge < -0.3 is 5.32 Å². The van der Waals surface area contributed by atoms with Crippen LogP contribution in [0.3, 0.4) is 0 Å². The first-order valence-corrected chi connectivity index (χ1v) is 10.5. The highest BCUT2D eigenvalue weighted by molar-refractivity contribution is 7.99. The molecule has 0 fully saturated rings.